The van der Waals surface area contributed by atoms with E-state index in [1.807, 2.05) is 0 Å². The van der Waals surface area contributed by atoms with Crippen LogP contribution < -0.4 is 15.5 Å². The molecule has 4 aliphatic rings. The van der Waals surface area contributed by atoms with E-state index < -0.39 is 44.0 Å². The maximum Gasteiger partial charge on any atom is 0.329 e. The molecule has 15 heteroatoms. The molecule has 1 saturated carbocycles. The molecule has 0 bridgehead atoms. The number of amides is 3. The predicted molar refractivity (Wildman–Crippen MR) is 164 cm³/mol. The topological polar surface area (TPSA) is 165 Å². The van der Waals surface area contributed by atoms with Gasteiger partial charge in [-0.2, -0.15) is 0 Å². The predicted octanol–water partition coefficient (Wildman–Crippen LogP) is 2.60. The summed E-state index contributed by atoms with van der Waals surface area (Å²) in [6.07, 6.45) is 4.91. The fourth-order valence-corrected chi connectivity index (χ4v) is 8.83. The van der Waals surface area contributed by atoms with Crippen molar-refractivity contribution in [3.63, 3.8) is 0 Å². The minimum absolute atomic E-state index is 0.0603. The van der Waals surface area contributed by atoms with Gasteiger partial charge in [0.1, 0.15) is 18.3 Å². The van der Waals surface area contributed by atoms with E-state index in [2.05, 4.69) is 20.6 Å². The Hall–Kier alpha value is -3.45. The van der Waals surface area contributed by atoms with Crippen LogP contribution in [-0.2, 0) is 20.3 Å². The molecule has 3 aromatic rings. The van der Waals surface area contributed by atoms with Crippen LogP contribution >= 0.6 is 18.9 Å². The highest BCUT2D eigenvalue weighted by molar-refractivity contribution is 7.50. The number of nitrogens with one attached hydrogen (secondary N) is 2. The molecule has 45 heavy (non-hydrogen) atoms. The number of hydrogen-bond donors (Lipinski definition) is 4. The average Bonchev–Trinajstić information content (AvgIpc) is 3.29. The Morgan fingerprint density at radius 1 is 1.04 bits per heavy atom. The molecule has 2 aromatic heterocycles. The fraction of sp³-hybridized carbons (Fsp3) is 0.500. The van der Waals surface area contributed by atoms with Crippen molar-refractivity contribution in [1.29, 1.82) is 0 Å². The number of nitrogens with zero attached hydrogens (tertiary/aromatic N) is 4. The monoisotopic (exact) mass is 656 g/mol. The molecule has 3 amide bonds. The molecular weight excluding hydrogens is 622 g/mol. The Balaban J connectivity index is 1.05. The molecule has 7 atom stereocenters. The Bertz CT molecular complexity index is 1690. The molecular formula is C30H34FN6O6PS. The van der Waals surface area contributed by atoms with Gasteiger partial charge in [-0.3, -0.25) is 18.9 Å². The van der Waals surface area contributed by atoms with Crippen molar-refractivity contribution in [3.05, 3.63) is 53.2 Å². The van der Waals surface area contributed by atoms with Crippen molar-refractivity contribution < 1.29 is 33.1 Å². The zero-order chi connectivity index (χ0) is 31.5. The van der Waals surface area contributed by atoms with E-state index in [-0.39, 0.29) is 30.9 Å². The maximum absolute atomic E-state index is 15.0. The zero-order valence-electron chi connectivity index (χ0n) is 24.3. The number of thiophene rings is 1. The smallest absolute Gasteiger partial charge is 0.329 e. The lowest BCUT2D eigenvalue weighted by molar-refractivity contribution is -0.143. The van der Waals surface area contributed by atoms with Crippen molar-refractivity contribution in [2.24, 2.45) is 11.8 Å². The number of anilines is 1. The molecule has 5 heterocycles. The molecule has 4 N–H and O–H groups in total. The number of hydrogen-bond acceptors (Lipinski definition) is 8. The van der Waals surface area contributed by atoms with Gasteiger partial charge in [-0.05, 0) is 79.2 Å². The number of rotatable bonds is 7. The van der Waals surface area contributed by atoms with Crippen LogP contribution in [-0.4, -0.2) is 85.8 Å². The highest BCUT2D eigenvalue weighted by Crippen LogP contribution is 2.49. The summed E-state index contributed by atoms with van der Waals surface area (Å²) in [5, 5.41) is 6.49. The van der Waals surface area contributed by atoms with Crippen molar-refractivity contribution in [3.8, 4) is 0 Å². The minimum atomic E-state index is -4.24. The van der Waals surface area contributed by atoms with Crippen LogP contribution in [0.5, 0.6) is 0 Å². The van der Waals surface area contributed by atoms with Gasteiger partial charge in [0.15, 0.2) is 0 Å². The third-order valence-electron chi connectivity index (χ3n) is 9.45. The number of benzene rings is 1. The first-order chi connectivity index (χ1) is 21.5. The Labute approximate surface area is 262 Å². The lowest BCUT2D eigenvalue weighted by Crippen LogP contribution is -2.58. The molecule has 0 unspecified atom stereocenters. The number of carbonyl (C=O) groups excluding carboxylic acids is 3. The molecule has 1 aromatic carbocycles. The Kier molecular flexibility index (Phi) is 7.87. The molecule has 3 aliphatic heterocycles. The van der Waals surface area contributed by atoms with Gasteiger partial charge < -0.3 is 30.2 Å². The highest BCUT2D eigenvalue weighted by Gasteiger charge is 2.51. The molecule has 3 saturated heterocycles. The molecule has 238 valence electrons. The average molecular weight is 657 g/mol. The summed E-state index contributed by atoms with van der Waals surface area (Å²) in [6, 6.07) is 5.95. The molecule has 7 rings (SSSR count). The first-order valence-electron chi connectivity index (χ1n) is 15.2. The van der Waals surface area contributed by atoms with Crippen LogP contribution in [0, 0.1) is 11.8 Å². The molecule has 12 nitrogen and oxygen atoms in total. The van der Waals surface area contributed by atoms with Crippen molar-refractivity contribution in [2.75, 3.05) is 18.0 Å². The Morgan fingerprint density at radius 3 is 2.60 bits per heavy atom. The van der Waals surface area contributed by atoms with Crippen LogP contribution in [0.4, 0.5) is 10.3 Å². The summed E-state index contributed by atoms with van der Waals surface area (Å²) in [7, 11) is -4.24. The second-order valence-corrected chi connectivity index (χ2v) is 15.4. The van der Waals surface area contributed by atoms with Gasteiger partial charge >= 0.3 is 7.60 Å². The first-order valence-corrected chi connectivity index (χ1v) is 17.8. The van der Waals surface area contributed by atoms with Crippen LogP contribution in [0.2, 0.25) is 0 Å². The number of carbonyl (C=O) groups is 3. The van der Waals surface area contributed by atoms with Crippen LogP contribution in [0.1, 0.15) is 47.3 Å². The largest absolute Gasteiger partial charge is 0.347 e. The highest BCUT2D eigenvalue weighted by atomic mass is 32.1. The van der Waals surface area contributed by atoms with E-state index in [0.29, 0.717) is 52.9 Å². The summed E-state index contributed by atoms with van der Waals surface area (Å²) in [4.78, 5) is 71.9. The lowest BCUT2D eigenvalue weighted by Gasteiger charge is -2.35. The van der Waals surface area contributed by atoms with E-state index in [4.69, 9.17) is 0 Å². The van der Waals surface area contributed by atoms with Crippen molar-refractivity contribution in [2.45, 2.75) is 68.6 Å². The zero-order valence-corrected chi connectivity index (χ0v) is 26.0. The molecule has 4 fully saturated rings. The van der Waals surface area contributed by atoms with Gasteiger partial charge in [-0.25, -0.2) is 14.4 Å². The van der Waals surface area contributed by atoms with Crippen molar-refractivity contribution >= 4 is 52.7 Å². The van der Waals surface area contributed by atoms with Gasteiger partial charge in [-0.1, -0.05) is 6.07 Å². The third-order valence-corrected chi connectivity index (χ3v) is 11.3. The number of halogens is 1. The lowest BCUT2D eigenvalue weighted by atomic mass is 9.99. The molecule has 1 aliphatic carbocycles. The van der Waals surface area contributed by atoms with Gasteiger partial charge in [0.2, 0.25) is 17.8 Å². The van der Waals surface area contributed by atoms with E-state index in [1.165, 1.54) is 11.3 Å². The van der Waals surface area contributed by atoms with Gasteiger partial charge in [0.25, 0.3) is 5.91 Å². The summed E-state index contributed by atoms with van der Waals surface area (Å²) in [6.45, 7) is 0.282. The van der Waals surface area contributed by atoms with E-state index >= 15 is 4.39 Å². The minimum Gasteiger partial charge on any atom is -0.347 e. The molecule has 0 radical (unpaired) electrons. The van der Waals surface area contributed by atoms with Gasteiger partial charge in [-0.15, -0.1) is 11.3 Å². The second-order valence-electron chi connectivity index (χ2n) is 12.6. The van der Waals surface area contributed by atoms with E-state index in [0.717, 1.165) is 17.5 Å². The SMILES string of the molecule is O=C(N[C@H]1C[C@@H]2C[C@@H]2C[C@H]2CC[C@@H](C(=O)N[C@H]3CN(c4ncccn4)C[C@@H]3F)N2C1=O)c1cc2cc(CP(=O)(O)O)ccc2s1. The van der Waals surface area contributed by atoms with Crippen LogP contribution in [0.25, 0.3) is 10.1 Å². The van der Waals surface area contributed by atoms with Crippen LogP contribution in [0.3, 0.4) is 0 Å². The van der Waals surface area contributed by atoms with Gasteiger partial charge in [0, 0.05) is 29.7 Å². The number of fused-ring (bicyclic) bond motifs is 3. The molecule has 0 spiro atoms. The second kappa shape index (κ2) is 11.7. The van der Waals surface area contributed by atoms with Crippen LogP contribution in [0.15, 0.2) is 42.7 Å². The number of alkyl halides is 1. The Morgan fingerprint density at radius 2 is 1.82 bits per heavy atom. The summed E-state index contributed by atoms with van der Waals surface area (Å²) >= 11 is 1.24. The summed E-state index contributed by atoms with van der Waals surface area (Å²) < 4.78 is 27.3. The normalized spacial score (nSPS) is 29.6. The van der Waals surface area contributed by atoms with Crippen molar-refractivity contribution in [1.82, 2.24) is 25.5 Å². The summed E-state index contributed by atoms with van der Waals surface area (Å²) in [5.41, 5.74) is 0.470. The van der Waals surface area contributed by atoms with E-state index in [1.54, 1.807) is 52.5 Å². The first kappa shape index (κ1) is 30.2. The van der Waals surface area contributed by atoms with Gasteiger partial charge in [0.05, 0.1) is 23.6 Å². The van der Waals surface area contributed by atoms with E-state index in [9.17, 15) is 28.7 Å². The fourth-order valence-electron chi connectivity index (χ4n) is 7.21. The number of aromatic nitrogens is 2. The standard InChI is InChI=1S/C30H34FN6O6PS/c31-21-13-36(30-32-6-1-7-33-30)14-23(21)35-27(38)24-4-3-20-10-17-9-18(17)11-22(29(40)37(20)24)34-28(39)26-12-19-8-16(15-44(41,42)43)2-5-25(19)45-26/h1-2,5-8,12,17-18,20-24H,3-4,9-11,13-15H2,(H,34,39)(H,35,38)(H2,41,42,43)/t17-,18+,20-,21+,22+,23+,24+/m1/s1. The third kappa shape index (κ3) is 6.33. The quantitative estimate of drug-likeness (QED) is 0.280. The maximum atomic E-state index is 15.0. The summed E-state index contributed by atoms with van der Waals surface area (Å²) in [5.74, 6) is 0.0911.